The van der Waals surface area contributed by atoms with E-state index in [1.165, 1.54) is 4.88 Å². The second-order valence-corrected chi connectivity index (χ2v) is 10.9. The van der Waals surface area contributed by atoms with Crippen molar-refractivity contribution in [2.24, 2.45) is 0 Å². The maximum atomic E-state index is 13.4. The Morgan fingerprint density at radius 2 is 2.05 bits per heavy atom. The van der Waals surface area contributed by atoms with E-state index in [-0.39, 0.29) is 17.7 Å². The van der Waals surface area contributed by atoms with Crippen LogP contribution in [0, 0.1) is 11.3 Å². The van der Waals surface area contributed by atoms with Gasteiger partial charge < -0.3 is 14.2 Å². The number of benzene rings is 1. The Bertz CT molecular complexity index is 1560. The topological polar surface area (TPSA) is 94.6 Å². The first-order chi connectivity index (χ1) is 18.0. The quantitative estimate of drug-likeness (QED) is 0.376. The van der Waals surface area contributed by atoms with E-state index in [1.54, 1.807) is 40.3 Å². The first-order valence-corrected chi connectivity index (χ1v) is 13.3. The summed E-state index contributed by atoms with van der Waals surface area (Å²) >= 11 is 1.64. The average Bonchev–Trinajstić information content (AvgIpc) is 3.65. The summed E-state index contributed by atoms with van der Waals surface area (Å²) in [5, 5.41) is 10.0. The summed E-state index contributed by atoms with van der Waals surface area (Å²) in [5.41, 5.74) is 4.24. The number of ketones is 1. The molecule has 0 bridgehead atoms. The number of aromatic nitrogens is 3. The van der Waals surface area contributed by atoms with Crippen LogP contribution < -0.4 is 0 Å². The van der Waals surface area contributed by atoms with Gasteiger partial charge in [-0.25, -0.2) is 9.97 Å². The Labute approximate surface area is 218 Å². The number of likely N-dealkylation sites (N-methyl/N-ethyl adjacent to an activating group) is 1. The van der Waals surface area contributed by atoms with E-state index < -0.39 is 0 Å². The molecule has 4 aromatic rings. The van der Waals surface area contributed by atoms with Crippen LogP contribution in [0.2, 0.25) is 0 Å². The number of rotatable bonds is 5. The van der Waals surface area contributed by atoms with Gasteiger partial charge in [0.1, 0.15) is 22.4 Å². The molecule has 1 atom stereocenters. The molecule has 186 valence electrons. The molecule has 1 amide bonds. The van der Waals surface area contributed by atoms with Crippen molar-refractivity contribution >= 4 is 28.7 Å². The molecule has 2 aliphatic heterocycles. The predicted octanol–water partition coefficient (Wildman–Crippen LogP) is 4.05. The summed E-state index contributed by atoms with van der Waals surface area (Å²) < 4.78 is 1.71. The van der Waals surface area contributed by atoms with E-state index in [9.17, 15) is 9.59 Å². The molecule has 1 fully saturated rings. The SMILES string of the molecule is CN1CCc2nc(CC(=O)c3cccc([C@H]4CCCN4C(=O)c4cn5cc(C#N)ccc5n4)c3)sc2C1. The Morgan fingerprint density at radius 3 is 2.92 bits per heavy atom. The summed E-state index contributed by atoms with van der Waals surface area (Å²) in [5.74, 6) is -0.0920. The maximum Gasteiger partial charge on any atom is 0.274 e. The smallest absolute Gasteiger partial charge is 0.274 e. The summed E-state index contributed by atoms with van der Waals surface area (Å²) in [6.45, 7) is 2.53. The minimum atomic E-state index is -0.139. The van der Waals surface area contributed by atoms with Crippen molar-refractivity contribution in [2.75, 3.05) is 20.1 Å². The second-order valence-electron chi connectivity index (χ2n) is 9.77. The van der Waals surface area contributed by atoms with E-state index in [4.69, 9.17) is 10.2 Å². The van der Waals surface area contributed by atoms with Gasteiger partial charge in [0.2, 0.25) is 0 Å². The van der Waals surface area contributed by atoms with Crippen LogP contribution in [-0.2, 0) is 19.4 Å². The molecule has 0 spiro atoms. The van der Waals surface area contributed by atoms with Crippen molar-refractivity contribution in [1.82, 2.24) is 24.2 Å². The number of Topliss-reactive ketones (excluding diaryl/α,β-unsaturated/α-hetero) is 1. The molecule has 0 unspecified atom stereocenters. The number of hydrogen-bond donors (Lipinski definition) is 0. The summed E-state index contributed by atoms with van der Waals surface area (Å²) in [6, 6.07) is 13.1. The van der Waals surface area contributed by atoms with Crippen molar-refractivity contribution in [1.29, 1.82) is 5.26 Å². The molecule has 0 aliphatic carbocycles. The Kier molecular flexibility index (Phi) is 6.07. The zero-order chi connectivity index (χ0) is 25.5. The van der Waals surface area contributed by atoms with Gasteiger partial charge in [0.25, 0.3) is 5.91 Å². The van der Waals surface area contributed by atoms with E-state index in [2.05, 4.69) is 23.0 Å². The first kappa shape index (κ1) is 23.5. The van der Waals surface area contributed by atoms with Crippen LogP contribution >= 0.6 is 11.3 Å². The fourth-order valence-electron chi connectivity index (χ4n) is 5.28. The Morgan fingerprint density at radius 1 is 1.16 bits per heavy atom. The number of carbonyl (C=O) groups is 2. The third-order valence-electron chi connectivity index (χ3n) is 7.18. The van der Waals surface area contributed by atoms with Crippen molar-refractivity contribution in [3.63, 3.8) is 0 Å². The van der Waals surface area contributed by atoms with Crippen molar-refractivity contribution < 1.29 is 9.59 Å². The van der Waals surface area contributed by atoms with Gasteiger partial charge in [-0.2, -0.15) is 5.26 Å². The molecule has 0 N–H and O–H groups in total. The normalized spacial score (nSPS) is 17.6. The number of nitriles is 1. The monoisotopic (exact) mass is 510 g/mol. The van der Waals surface area contributed by atoms with Crippen LogP contribution in [0.25, 0.3) is 5.65 Å². The van der Waals surface area contributed by atoms with E-state index in [0.29, 0.717) is 35.4 Å². The van der Waals surface area contributed by atoms with Crippen molar-refractivity contribution in [3.05, 3.63) is 86.8 Å². The number of hydrogen-bond acceptors (Lipinski definition) is 7. The zero-order valence-electron chi connectivity index (χ0n) is 20.6. The first-order valence-electron chi connectivity index (χ1n) is 12.5. The number of nitrogens with zero attached hydrogens (tertiary/aromatic N) is 6. The summed E-state index contributed by atoms with van der Waals surface area (Å²) in [7, 11) is 2.11. The molecule has 0 saturated carbocycles. The number of carbonyl (C=O) groups excluding carboxylic acids is 2. The Balaban J connectivity index is 1.20. The third kappa shape index (κ3) is 4.54. The highest BCUT2D eigenvalue weighted by atomic mass is 32.1. The largest absolute Gasteiger partial charge is 0.330 e. The highest BCUT2D eigenvalue weighted by Gasteiger charge is 2.32. The zero-order valence-corrected chi connectivity index (χ0v) is 21.4. The number of likely N-dealkylation sites (tertiary alicyclic amines) is 1. The lowest BCUT2D eigenvalue weighted by Gasteiger charge is -2.24. The molecule has 9 heteroatoms. The van der Waals surface area contributed by atoms with Crippen LogP contribution in [0.3, 0.4) is 0 Å². The van der Waals surface area contributed by atoms with E-state index in [1.807, 2.05) is 29.2 Å². The molecule has 6 rings (SSSR count). The lowest BCUT2D eigenvalue weighted by molar-refractivity contribution is 0.0730. The third-order valence-corrected chi connectivity index (χ3v) is 8.27. The minimum Gasteiger partial charge on any atom is -0.330 e. The van der Waals surface area contributed by atoms with Gasteiger partial charge in [-0.1, -0.05) is 18.2 Å². The highest BCUT2D eigenvalue weighted by Crippen LogP contribution is 2.34. The van der Waals surface area contributed by atoms with Gasteiger partial charge in [0, 0.05) is 48.9 Å². The standard InChI is InChI=1S/C28H26N6O2S/c1-32-11-9-21-25(17-32)37-27(31-21)13-24(35)20-5-2-4-19(12-20)23-6-3-10-34(23)28(36)22-16-33-15-18(14-29)7-8-26(33)30-22/h2,4-5,7-8,12,15-16,23H,3,6,9-11,13,17H2,1H3/t23-/m1/s1. The fourth-order valence-corrected chi connectivity index (χ4v) is 6.47. The van der Waals surface area contributed by atoms with Crippen LogP contribution in [0.1, 0.15) is 66.4 Å². The highest BCUT2D eigenvalue weighted by molar-refractivity contribution is 7.11. The predicted molar refractivity (Wildman–Crippen MR) is 140 cm³/mol. The Hall–Kier alpha value is -3.87. The summed E-state index contributed by atoms with van der Waals surface area (Å²) in [6.07, 6.45) is 6.31. The molecule has 5 heterocycles. The molecule has 37 heavy (non-hydrogen) atoms. The molecule has 8 nitrogen and oxygen atoms in total. The molecule has 0 radical (unpaired) electrons. The number of imidazole rings is 1. The molecule has 3 aromatic heterocycles. The number of pyridine rings is 1. The average molecular weight is 511 g/mol. The molecular formula is C28H26N6O2S. The van der Waals surface area contributed by atoms with Crippen molar-refractivity contribution in [3.8, 4) is 6.07 Å². The lowest BCUT2D eigenvalue weighted by atomic mass is 9.99. The minimum absolute atomic E-state index is 0.0471. The number of fused-ring (bicyclic) bond motifs is 2. The molecular weight excluding hydrogens is 484 g/mol. The molecule has 1 saturated heterocycles. The van der Waals surface area contributed by atoms with Crippen LogP contribution in [0.4, 0.5) is 0 Å². The van der Waals surface area contributed by atoms with E-state index in [0.717, 1.165) is 48.6 Å². The van der Waals surface area contributed by atoms with Crippen LogP contribution in [0.5, 0.6) is 0 Å². The molecule has 1 aromatic carbocycles. The molecule has 2 aliphatic rings. The van der Waals surface area contributed by atoms with Crippen LogP contribution in [-0.4, -0.2) is 56.0 Å². The maximum absolute atomic E-state index is 13.4. The second kappa shape index (κ2) is 9.54. The number of amides is 1. The van der Waals surface area contributed by atoms with Crippen LogP contribution in [0.15, 0.2) is 48.8 Å². The van der Waals surface area contributed by atoms with Gasteiger partial charge in [-0.05, 0) is 43.7 Å². The van der Waals surface area contributed by atoms with Gasteiger partial charge >= 0.3 is 0 Å². The van der Waals surface area contributed by atoms with E-state index >= 15 is 0 Å². The van der Waals surface area contributed by atoms with Gasteiger partial charge in [-0.3, -0.25) is 9.59 Å². The van der Waals surface area contributed by atoms with Gasteiger partial charge in [-0.15, -0.1) is 11.3 Å². The summed E-state index contributed by atoms with van der Waals surface area (Å²) in [4.78, 5) is 41.2. The number of thiazole rings is 1. The lowest BCUT2D eigenvalue weighted by Crippen LogP contribution is -2.30. The van der Waals surface area contributed by atoms with Gasteiger partial charge in [0.15, 0.2) is 5.78 Å². The van der Waals surface area contributed by atoms with Crippen molar-refractivity contribution in [2.45, 2.75) is 38.3 Å². The van der Waals surface area contributed by atoms with Gasteiger partial charge in [0.05, 0.1) is 23.7 Å². The fraction of sp³-hybridized carbons (Fsp3) is 0.321.